The van der Waals surface area contributed by atoms with Gasteiger partial charge in [0, 0.05) is 17.7 Å². The molecule has 7 heteroatoms. The van der Waals surface area contributed by atoms with Gasteiger partial charge in [-0.05, 0) is 23.6 Å². The summed E-state index contributed by atoms with van der Waals surface area (Å²) in [5.41, 5.74) is 0. The summed E-state index contributed by atoms with van der Waals surface area (Å²) in [6.07, 6.45) is -0.803. The van der Waals surface area contributed by atoms with Crippen molar-refractivity contribution in [2.24, 2.45) is 0 Å². The van der Waals surface area contributed by atoms with Crippen LogP contribution in [0, 0.1) is 5.82 Å². The minimum absolute atomic E-state index is 0.00158. The highest BCUT2D eigenvalue weighted by Crippen LogP contribution is 2.29. The summed E-state index contributed by atoms with van der Waals surface area (Å²) < 4.78 is 13.8. The third-order valence-electron chi connectivity index (χ3n) is 3.52. The zero-order chi connectivity index (χ0) is 15.1. The lowest BCUT2D eigenvalue weighted by Crippen LogP contribution is -2.40. The van der Waals surface area contributed by atoms with E-state index in [9.17, 15) is 19.1 Å². The smallest absolute Gasteiger partial charge is 0.326 e. The molecule has 2 aromatic rings. The fourth-order valence-electron chi connectivity index (χ4n) is 2.52. The Morgan fingerprint density at radius 3 is 2.81 bits per heavy atom. The van der Waals surface area contributed by atoms with Gasteiger partial charge in [0.05, 0.1) is 11.0 Å². The van der Waals surface area contributed by atoms with Crippen molar-refractivity contribution in [3.63, 3.8) is 0 Å². The molecule has 0 bridgehead atoms. The van der Waals surface area contributed by atoms with Crippen LogP contribution in [0.4, 0.5) is 4.39 Å². The number of aliphatic hydroxyl groups is 1. The van der Waals surface area contributed by atoms with Gasteiger partial charge >= 0.3 is 5.97 Å². The Balaban J connectivity index is 1.94. The van der Waals surface area contributed by atoms with Gasteiger partial charge in [0.2, 0.25) is 0 Å². The molecule has 1 saturated heterocycles. The number of carboxylic acids is 1. The molecule has 1 fully saturated rings. The molecule has 2 heterocycles. The number of aliphatic carboxylic acids is 1. The molecule has 1 aromatic heterocycles. The monoisotopic (exact) mass is 309 g/mol. The van der Waals surface area contributed by atoms with Gasteiger partial charge in [0.15, 0.2) is 0 Å². The Morgan fingerprint density at radius 1 is 1.33 bits per heavy atom. The second kappa shape index (κ2) is 5.09. The highest BCUT2D eigenvalue weighted by atomic mass is 32.1. The first-order chi connectivity index (χ1) is 9.95. The molecule has 110 valence electrons. The first-order valence-corrected chi connectivity index (χ1v) is 7.18. The Bertz CT molecular complexity index is 729. The van der Waals surface area contributed by atoms with Gasteiger partial charge in [-0.1, -0.05) is 6.07 Å². The molecule has 1 aliphatic heterocycles. The minimum atomic E-state index is -1.13. The van der Waals surface area contributed by atoms with E-state index in [0.29, 0.717) is 9.58 Å². The molecule has 0 radical (unpaired) electrons. The first kappa shape index (κ1) is 14.0. The molecule has 0 aliphatic carbocycles. The molecule has 1 amide bonds. The second-order valence-corrected chi connectivity index (χ2v) is 6.08. The number of likely N-dealkylation sites (tertiary alicyclic amines) is 1. The summed E-state index contributed by atoms with van der Waals surface area (Å²) in [7, 11) is 0. The standard InChI is InChI=1S/C14H12FNO4S/c15-8-2-1-7-3-12(21-11(7)4-8)13(18)16-6-9(17)5-10(16)14(19)20/h1-4,9-10,17H,5-6H2,(H,19,20). The number of amides is 1. The van der Waals surface area contributed by atoms with Gasteiger partial charge in [0.25, 0.3) is 5.91 Å². The molecule has 21 heavy (non-hydrogen) atoms. The van der Waals surface area contributed by atoms with E-state index >= 15 is 0 Å². The van der Waals surface area contributed by atoms with Gasteiger partial charge in [-0.15, -0.1) is 11.3 Å². The van der Waals surface area contributed by atoms with E-state index in [4.69, 9.17) is 5.11 Å². The predicted molar refractivity (Wildman–Crippen MR) is 74.9 cm³/mol. The molecule has 1 aromatic carbocycles. The van der Waals surface area contributed by atoms with Crippen molar-refractivity contribution in [1.29, 1.82) is 0 Å². The summed E-state index contributed by atoms with van der Waals surface area (Å²) in [6, 6.07) is 4.82. The van der Waals surface area contributed by atoms with E-state index < -0.39 is 24.0 Å². The number of fused-ring (bicyclic) bond motifs is 1. The number of thiophene rings is 1. The van der Waals surface area contributed by atoms with E-state index in [2.05, 4.69) is 0 Å². The van der Waals surface area contributed by atoms with Gasteiger partial charge in [-0.3, -0.25) is 4.79 Å². The summed E-state index contributed by atoms with van der Waals surface area (Å²) in [5.74, 6) is -1.96. The van der Waals surface area contributed by atoms with E-state index in [1.807, 2.05) is 0 Å². The van der Waals surface area contributed by atoms with Crippen molar-refractivity contribution >= 4 is 33.3 Å². The number of carbonyl (C=O) groups is 2. The number of β-amino-alcohol motifs (C(OH)–C–C–N with tert-alkyl or cyclic N) is 1. The van der Waals surface area contributed by atoms with Crippen LogP contribution in [0.25, 0.3) is 10.1 Å². The Hall–Kier alpha value is -1.99. The largest absolute Gasteiger partial charge is 0.480 e. The number of aliphatic hydroxyl groups excluding tert-OH is 1. The summed E-state index contributed by atoms with van der Waals surface area (Å²) >= 11 is 1.12. The van der Waals surface area contributed by atoms with Crippen molar-refractivity contribution in [3.05, 3.63) is 35.0 Å². The Kier molecular flexibility index (Phi) is 3.38. The molecular weight excluding hydrogens is 297 g/mol. The van der Waals surface area contributed by atoms with Crippen molar-refractivity contribution in [2.45, 2.75) is 18.6 Å². The lowest BCUT2D eigenvalue weighted by molar-refractivity contribution is -0.141. The average Bonchev–Trinajstić information content (AvgIpc) is 3.00. The molecule has 3 rings (SSSR count). The maximum atomic E-state index is 13.2. The summed E-state index contributed by atoms with van der Waals surface area (Å²) in [6.45, 7) is -0.00158. The molecule has 1 aliphatic rings. The summed E-state index contributed by atoms with van der Waals surface area (Å²) in [4.78, 5) is 25.1. The maximum Gasteiger partial charge on any atom is 0.326 e. The quantitative estimate of drug-likeness (QED) is 0.885. The number of carbonyl (C=O) groups excluding carboxylic acids is 1. The average molecular weight is 309 g/mol. The minimum Gasteiger partial charge on any atom is -0.480 e. The van der Waals surface area contributed by atoms with Crippen LogP contribution in [0.3, 0.4) is 0 Å². The molecule has 0 spiro atoms. The molecule has 2 N–H and O–H groups in total. The second-order valence-electron chi connectivity index (χ2n) is 4.99. The van der Waals surface area contributed by atoms with Crippen LogP contribution >= 0.6 is 11.3 Å². The topological polar surface area (TPSA) is 77.8 Å². The number of nitrogens with zero attached hydrogens (tertiary/aromatic N) is 1. The number of rotatable bonds is 2. The van der Waals surface area contributed by atoms with Gasteiger partial charge in [-0.25, -0.2) is 9.18 Å². The molecule has 2 unspecified atom stereocenters. The van der Waals surface area contributed by atoms with Crippen LogP contribution in [0.15, 0.2) is 24.3 Å². The number of hydrogen-bond acceptors (Lipinski definition) is 4. The normalized spacial score (nSPS) is 21.9. The van der Waals surface area contributed by atoms with E-state index in [0.717, 1.165) is 21.6 Å². The molecule has 5 nitrogen and oxygen atoms in total. The fraction of sp³-hybridized carbons (Fsp3) is 0.286. The highest BCUT2D eigenvalue weighted by molar-refractivity contribution is 7.20. The zero-order valence-electron chi connectivity index (χ0n) is 10.8. The molecule has 0 saturated carbocycles. The van der Waals surface area contributed by atoms with E-state index in [1.165, 1.54) is 12.1 Å². The fourth-order valence-corrected chi connectivity index (χ4v) is 3.57. The van der Waals surface area contributed by atoms with E-state index in [-0.39, 0.29) is 18.8 Å². The lowest BCUT2D eigenvalue weighted by Gasteiger charge is -2.20. The first-order valence-electron chi connectivity index (χ1n) is 6.36. The zero-order valence-corrected chi connectivity index (χ0v) is 11.6. The SMILES string of the molecule is O=C(O)C1CC(O)CN1C(=O)c1cc2ccc(F)cc2s1. The van der Waals surface area contributed by atoms with Crippen LogP contribution in [0.2, 0.25) is 0 Å². The maximum absolute atomic E-state index is 13.2. The van der Waals surface area contributed by atoms with Crippen molar-refractivity contribution < 1.29 is 24.2 Å². The Morgan fingerprint density at radius 2 is 2.10 bits per heavy atom. The Labute approximate surface area is 123 Å². The van der Waals surface area contributed by atoms with Gasteiger partial charge in [0.1, 0.15) is 11.9 Å². The van der Waals surface area contributed by atoms with E-state index in [1.54, 1.807) is 12.1 Å². The van der Waals surface area contributed by atoms with Crippen molar-refractivity contribution in [1.82, 2.24) is 4.90 Å². The third kappa shape index (κ3) is 2.50. The number of carboxylic acid groups (broad SMARTS) is 1. The van der Waals surface area contributed by atoms with Crippen molar-refractivity contribution in [2.75, 3.05) is 6.54 Å². The number of halogens is 1. The summed E-state index contributed by atoms with van der Waals surface area (Å²) in [5, 5.41) is 19.4. The van der Waals surface area contributed by atoms with Crippen LogP contribution in [-0.4, -0.2) is 45.7 Å². The predicted octanol–water partition coefficient (Wildman–Crippen LogP) is 1.70. The van der Waals surface area contributed by atoms with Crippen LogP contribution in [0.5, 0.6) is 0 Å². The van der Waals surface area contributed by atoms with Crippen molar-refractivity contribution in [3.8, 4) is 0 Å². The number of benzene rings is 1. The lowest BCUT2D eigenvalue weighted by atomic mass is 10.2. The number of hydrogen-bond donors (Lipinski definition) is 2. The molecular formula is C14H12FNO4S. The van der Waals surface area contributed by atoms with Gasteiger partial charge < -0.3 is 15.1 Å². The van der Waals surface area contributed by atoms with Crippen LogP contribution in [0.1, 0.15) is 16.1 Å². The molecule has 2 atom stereocenters. The van der Waals surface area contributed by atoms with Gasteiger partial charge in [-0.2, -0.15) is 0 Å². The van der Waals surface area contributed by atoms with Crippen LogP contribution < -0.4 is 0 Å². The highest BCUT2D eigenvalue weighted by Gasteiger charge is 2.39. The third-order valence-corrected chi connectivity index (χ3v) is 4.60. The van der Waals surface area contributed by atoms with Crippen LogP contribution in [-0.2, 0) is 4.79 Å².